The van der Waals surface area contributed by atoms with Gasteiger partial charge in [0.1, 0.15) is 0 Å². The van der Waals surface area contributed by atoms with Gasteiger partial charge >= 0.3 is 5.97 Å². The topological polar surface area (TPSA) is 26.3 Å². The van der Waals surface area contributed by atoms with Crippen molar-refractivity contribution in [2.24, 2.45) is 47.3 Å². The lowest BCUT2D eigenvalue weighted by Crippen LogP contribution is -2.38. The fraction of sp³-hybridized carbons (Fsp3) is 0.944. The number of esters is 1. The molecule has 3 heteroatoms. The van der Waals surface area contributed by atoms with E-state index in [2.05, 4.69) is 26.2 Å². The number of hydrogen-bond acceptors (Lipinski definition) is 2. The summed E-state index contributed by atoms with van der Waals surface area (Å²) >= 11 is 0. The van der Waals surface area contributed by atoms with E-state index in [1.807, 2.05) is 0 Å². The molecule has 0 aromatic carbocycles. The molecule has 21 heavy (non-hydrogen) atoms. The summed E-state index contributed by atoms with van der Waals surface area (Å²) in [5, 5.41) is 0. The van der Waals surface area contributed by atoms with E-state index >= 15 is 0 Å². The summed E-state index contributed by atoms with van der Waals surface area (Å²) in [5.41, 5.74) is 0. The molecule has 0 N–H and O–H groups in total. The Labute approximate surface area is 130 Å². The number of fused-ring (bicyclic) bond motifs is 12. The second-order valence-corrected chi connectivity index (χ2v) is 15.9. The smallest absolute Gasteiger partial charge is 0.309 e. The summed E-state index contributed by atoms with van der Waals surface area (Å²) < 4.78 is 5.32. The van der Waals surface area contributed by atoms with Crippen LogP contribution in [0.15, 0.2) is 0 Å². The normalized spacial score (nSPS) is 52.3. The summed E-state index contributed by atoms with van der Waals surface area (Å²) in [6.45, 7) is 10.1. The van der Waals surface area contributed by atoms with Gasteiger partial charge in [-0.3, -0.25) is 4.79 Å². The monoisotopic (exact) mass is 306 g/mol. The lowest BCUT2D eigenvalue weighted by molar-refractivity contribution is -0.143. The molecular formula is C18H30O2Si. The highest BCUT2D eigenvalue weighted by molar-refractivity contribution is 6.74. The number of carbonyl (C=O) groups is 1. The minimum absolute atomic E-state index is 0.152. The van der Waals surface area contributed by atoms with E-state index in [-0.39, 0.29) is 5.97 Å². The fourth-order valence-electron chi connectivity index (χ4n) is 6.56. The maximum absolute atomic E-state index is 11.8. The van der Waals surface area contributed by atoms with Crippen LogP contribution in [0, 0.1) is 47.3 Å². The molecule has 0 aromatic heterocycles. The number of carbonyl (C=O) groups excluding carboxylic acids is 1. The second kappa shape index (κ2) is 4.59. The van der Waals surface area contributed by atoms with Gasteiger partial charge in [0.15, 0.2) is 0 Å². The number of hydrogen-bond donors (Lipinski definition) is 0. The van der Waals surface area contributed by atoms with Crippen LogP contribution in [-0.2, 0) is 9.53 Å². The number of ether oxygens (including phenoxy) is 1. The van der Waals surface area contributed by atoms with Crippen LogP contribution >= 0.6 is 0 Å². The van der Waals surface area contributed by atoms with Crippen molar-refractivity contribution in [2.45, 2.75) is 51.9 Å². The van der Waals surface area contributed by atoms with Crippen molar-refractivity contribution in [1.29, 1.82) is 0 Å². The Kier molecular flexibility index (Phi) is 3.13. The van der Waals surface area contributed by atoms with Crippen LogP contribution in [0.4, 0.5) is 0 Å². The maximum Gasteiger partial charge on any atom is 0.309 e. The molecule has 118 valence electrons. The van der Waals surface area contributed by atoms with E-state index < -0.39 is 8.07 Å². The Bertz CT molecular complexity index is 449. The highest BCUT2D eigenvalue weighted by Gasteiger charge is 2.68. The average Bonchev–Trinajstić information content (AvgIpc) is 3.09. The Morgan fingerprint density at radius 3 is 2.10 bits per heavy atom. The Morgan fingerprint density at radius 2 is 1.48 bits per heavy atom. The van der Waals surface area contributed by atoms with Gasteiger partial charge in [-0.05, 0) is 61.2 Å². The molecule has 5 fully saturated rings. The first-order chi connectivity index (χ1) is 9.84. The van der Waals surface area contributed by atoms with E-state index in [0.29, 0.717) is 11.8 Å². The zero-order chi connectivity index (χ0) is 14.9. The summed E-state index contributed by atoms with van der Waals surface area (Å²) in [4.78, 5) is 11.8. The van der Waals surface area contributed by atoms with Crippen LogP contribution in [0.1, 0.15) is 25.7 Å². The number of cyclic esters (lactones) is 1. The largest absolute Gasteiger partial charge is 0.465 e. The third kappa shape index (κ3) is 2.14. The standard InChI is InChI=1S/C14H18O2.C4H12Si/c15-14-13-9-4-8(10(13)5-16-14)11-6-1-2-7(3-6)12(9)11;1-5(2,3)4/h6-13H,1-5H2;1-4H3. The quantitative estimate of drug-likeness (QED) is 0.383. The second-order valence-electron chi connectivity index (χ2n) is 9.87. The summed E-state index contributed by atoms with van der Waals surface area (Å²) in [7, 11) is -0.611. The van der Waals surface area contributed by atoms with Crippen molar-refractivity contribution in [3.63, 3.8) is 0 Å². The zero-order valence-corrected chi connectivity index (χ0v) is 15.0. The van der Waals surface area contributed by atoms with Gasteiger partial charge in [0.25, 0.3) is 0 Å². The summed E-state index contributed by atoms with van der Waals surface area (Å²) in [6.07, 6.45) is 5.81. The highest BCUT2D eigenvalue weighted by Crippen LogP contribution is 2.71. The van der Waals surface area contributed by atoms with E-state index in [4.69, 9.17) is 4.74 Å². The summed E-state index contributed by atoms with van der Waals surface area (Å²) in [6, 6.07) is 0. The van der Waals surface area contributed by atoms with Crippen LogP contribution in [0.3, 0.4) is 0 Å². The van der Waals surface area contributed by atoms with Crippen molar-refractivity contribution in [3.8, 4) is 0 Å². The molecule has 8 unspecified atom stereocenters. The predicted octanol–water partition coefficient (Wildman–Crippen LogP) is 4.04. The molecular weight excluding hydrogens is 276 g/mol. The SMILES string of the molecule is C[Si](C)(C)C.O=C1OCC2C3CC(C12)C1C2CCC(C2)C31. The first-order valence-corrected chi connectivity index (χ1v) is 13.0. The van der Waals surface area contributed by atoms with Gasteiger partial charge in [0, 0.05) is 14.0 Å². The Balaban J connectivity index is 0.000000204. The molecule has 0 spiro atoms. The molecule has 4 aliphatic carbocycles. The lowest BCUT2D eigenvalue weighted by Gasteiger charge is -2.38. The minimum atomic E-state index is -0.611. The van der Waals surface area contributed by atoms with E-state index in [9.17, 15) is 4.79 Å². The highest BCUT2D eigenvalue weighted by atomic mass is 28.3. The van der Waals surface area contributed by atoms with E-state index in [1.54, 1.807) is 0 Å². The Hall–Kier alpha value is -0.313. The first-order valence-electron chi connectivity index (χ1n) is 9.01. The molecule has 1 aliphatic heterocycles. The van der Waals surface area contributed by atoms with Crippen molar-refractivity contribution in [3.05, 3.63) is 0 Å². The third-order valence-electron chi connectivity index (χ3n) is 6.74. The van der Waals surface area contributed by atoms with Gasteiger partial charge in [-0.2, -0.15) is 0 Å². The van der Waals surface area contributed by atoms with E-state index in [1.165, 1.54) is 25.7 Å². The third-order valence-corrected chi connectivity index (χ3v) is 6.74. The predicted molar refractivity (Wildman–Crippen MR) is 86.6 cm³/mol. The van der Waals surface area contributed by atoms with Crippen molar-refractivity contribution < 1.29 is 9.53 Å². The fourth-order valence-corrected chi connectivity index (χ4v) is 6.56. The molecule has 0 amide bonds. The van der Waals surface area contributed by atoms with Gasteiger partial charge < -0.3 is 4.74 Å². The molecule has 0 radical (unpaired) electrons. The van der Waals surface area contributed by atoms with Gasteiger partial charge in [0.05, 0.1) is 12.5 Å². The van der Waals surface area contributed by atoms with Crippen molar-refractivity contribution in [2.75, 3.05) is 6.61 Å². The molecule has 5 rings (SSSR count). The molecule has 4 bridgehead atoms. The van der Waals surface area contributed by atoms with Crippen LogP contribution in [0.2, 0.25) is 26.2 Å². The molecule has 1 heterocycles. The minimum Gasteiger partial charge on any atom is -0.465 e. The van der Waals surface area contributed by atoms with Gasteiger partial charge in [-0.15, -0.1) is 0 Å². The van der Waals surface area contributed by atoms with Crippen LogP contribution in [-0.4, -0.2) is 20.7 Å². The van der Waals surface area contributed by atoms with Gasteiger partial charge in [-0.25, -0.2) is 0 Å². The first kappa shape index (κ1) is 14.3. The molecule has 5 aliphatic rings. The van der Waals surface area contributed by atoms with Crippen molar-refractivity contribution in [1.82, 2.24) is 0 Å². The van der Waals surface area contributed by atoms with Crippen LogP contribution in [0.25, 0.3) is 0 Å². The molecule has 4 saturated carbocycles. The van der Waals surface area contributed by atoms with Gasteiger partial charge in [-0.1, -0.05) is 26.2 Å². The van der Waals surface area contributed by atoms with Crippen molar-refractivity contribution >= 4 is 14.0 Å². The van der Waals surface area contributed by atoms with E-state index in [0.717, 1.165) is 42.1 Å². The summed E-state index contributed by atoms with van der Waals surface area (Å²) in [5.74, 6) is 6.63. The number of rotatable bonds is 0. The molecule has 0 aromatic rings. The Morgan fingerprint density at radius 1 is 0.905 bits per heavy atom. The molecule has 8 atom stereocenters. The van der Waals surface area contributed by atoms with Gasteiger partial charge in [0.2, 0.25) is 0 Å². The molecule has 2 nitrogen and oxygen atoms in total. The zero-order valence-electron chi connectivity index (χ0n) is 14.0. The lowest BCUT2D eigenvalue weighted by atomic mass is 9.64. The van der Waals surface area contributed by atoms with Crippen LogP contribution in [0.5, 0.6) is 0 Å². The molecule has 1 saturated heterocycles. The maximum atomic E-state index is 11.8. The van der Waals surface area contributed by atoms with Crippen LogP contribution < -0.4 is 0 Å². The average molecular weight is 307 g/mol.